The van der Waals surface area contributed by atoms with E-state index in [0.717, 1.165) is 25.7 Å². The topological polar surface area (TPSA) is 59.1 Å². The molecule has 26 heavy (non-hydrogen) atoms. The zero-order chi connectivity index (χ0) is 20.1. The number of nitrogens with zero attached hydrogens (tertiary/aromatic N) is 2. The number of carbonyl (C=O) groups excluding carboxylic acids is 2. The summed E-state index contributed by atoms with van der Waals surface area (Å²) >= 11 is 5.20. The molecule has 148 valence electrons. The van der Waals surface area contributed by atoms with E-state index >= 15 is 0 Å². The largest absolute Gasteiger partial charge is 0.381 e. The van der Waals surface area contributed by atoms with Crippen LogP contribution in [0.2, 0.25) is 0 Å². The van der Waals surface area contributed by atoms with Crippen molar-refractivity contribution in [3.63, 3.8) is 0 Å². The van der Waals surface area contributed by atoms with Gasteiger partial charge in [0.15, 0.2) is 0 Å². The molecule has 2 rings (SSSR count). The van der Waals surface area contributed by atoms with Gasteiger partial charge in [-0.3, -0.25) is 9.59 Å². The van der Waals surface area contributed by atoms with Crippen molar-refractivity contribution in [1.29, 1.82) is 0 Å². The Kier molecular flexibility index (Phi) is 7.62. The second-order valence-electron chi connectivity index (χ2n) is 7.21. The third-order valence-corrected chi connectivity index (χ3v) is 4.96. The van der Waals surface area contributed by atoms with E-state index < -0.39 is 0 Å². The Labute approximate surface area is 162 Å². The molecule has 0 aliphatic heterocycles. The molecule has 0 unspecified atom stereocenters. The minimum absolute atomic E-state index is 0.0392. The standard InChI is InChI=1S/C17H26N2O4S.C2H6/c1-6-12(22-18(4)14(20)16(2)7-8-16)11-13(24)23-19(5)15(21)17(3)9-10-17;1-2/h6H,7-11H2,1-5H3;1-2H3/b12-6+;. The first kappa shape index (κ1) is 22.4. The maximum absolute atomic E-state index is 12.2. The fraction of sp³-hybridized carbons (Fsp3) is 0.737. The van der Waals surface area contributed by atoms with Crippen LogP contribution in [0.15, 0.2) is 11.8 Å². The Bertz CT molecular complexity index is 580. The molecule has 0 N–H and O–H groups in total. The predicted octanol–water partition coefficient (Wildman–Crippen LogP) is 4.01. The molecule has 7 heteroatoms. The predicted molar refractivity (Wildman–Crippen MR) is 105 cm³/mol. The highest BCUT2D eigenvalue weighted by Crippen LogP contribution is 2.47. The first-order valence-corrected chi connectivity index (χ1v) is 9.62. The smallest absolute Gasteiger partial charge is 0.260 e. The van der Waals surface area contributed by atoms with Crippen molar-refractivity contribution in [1.82, 2.24) is 10.1 Å². The molecule has 0 atom stereocenters. The molecule has 0 radical (unpaired) electrons. The number of carbonyl (C=O) groups is 2. The van der Waals surface area contributed by atoms with Crippen molar-refractivity contribution < 1.29 is 19.3 Å². The molecule has 0 saturated heterocycles. The van der Waals surface area contributed by atoms with E-state index in [2.05, 4.69) is 0 Å². The Morgan fingerprint density at radius 3 is 1.69 bits per heavy atom. The van der Waals surface area contributed by atoms with Crippen molar-refractivity contribution in [3.8, 4) is 0 Å². The second-order valence-corrected chi connectivity index (χ2v) is 7.67. The molecule has 6 nitrogen and oxygen atoms in total. The maximum atomic E-state index is 12.2. The average Bonchev–Trinajstić information content (AvgIpc) is 3.54. The van der Waals surface area contributed by atoms with Crippen LogP contribution in [-0.4, -0.2) is 41.1 Å². The lowest BCUT2D eigenvalue weighted by Gasteiger charge is -2.24. The second kappa shape index (κ2) is 8.84. The SMILES string of the molecule is C/C=C(\CC(=S)ON(C)C(=O)C1(C)CC1)ON(C)C(=O)C1(C)CC1.CC. The lowest BCUT2D eigenvalue weighted by Crippen LogP contribution is -2.35. The lowest BCUT2D eigenvalue weighted by molar-refractivity contribution is -0.172. The number of hydrogen-bond donors (Lipinski definition) is 0. The van der Waals surface area contributed by atoms with E-state index in [9.17, 15) is 9.59 Å². The van der Waals surface area contributed by atoms with Gasteiger partial charge in [0.05, 0.1) is 6.42 Å². The van der Waals surface area contributed by atoms with Crippen molar-refractivity contribution in [2.45, 2.75) is 66.7 Å². The summed E-state index contributed by atoms with van der Waals surface area (Å²) in [6.45, 7) is 9.64. The van der Waals surface area contributed by atoms with Crippen LogP contribution in [-0.2, 0) is 19.3 Å². The highest BCUT2D eigenvalue weighted by molar-refractivity contribution is 7.80. The minimum atomic E-state index is -0.309. The normalized spacial score (nSPS) is 18.7. The van der Waals surface area contributed by atoms with Crippen LogP contribution < -0.4 is 0 Å². The molecule has 0 aromatic carbocycles. The van der Waals surface area contributed by atoms with Crippen molar-refractivity contribution in [2.24, 2.45) is 10.8 Å². The van der Waals surface area contributed by atoms with Crippen LogP contribution in [0.4, 0.5) is 0 Å². The van der Waals surface area contributed by atoms with E-state index in [1.807, 2.05) is 27.7 Å². The molecule has 0 bridgehead atoms. The fourth-order valence-corrected chi connectivity index (χ4v) is 2.59. The van der Waals surface area contributed by atoms with Gasteiger partial charge in [-0.25, -0.2) is 0 Å². The van der Waals surface area contributed by atoms with Crippen LogP contribution in [0, 0.1) is 10.8 Å². The van der Waals surface area contributed by atoms with Crippen molar-refractivity contribution in [2.75, 3.05) is 14.1 Å². The fourth-order valence-electron chi connectivity index (χ4n) is 2.34. The Morgan fingerprint density at radius 2 is 1.35 bits per heavy atom. The quantitative estimate of drug-likeness (QED) is 0.393. The summed E-state index contributed by atoms with van der Waals surface area (Å²) in [4.78, 5) is 35.4. The molecular weight excluding hydrogens is 352 g/mol. The number of rotatable bonds is 6. The van der Waals surface area contributed by atoms with Gasteiger partial charge in [-0.1, -0.05) is 27.7 Å². The molecule has 2 amide bonds. The number of allylic oxidation sites excluding steroid dienone is 1. The van der Waals surface area contributed by atoms with Gasteiger partial charge in [-0.2, -0.15) is 10.1 Å². The summed E-state index contributed by atoms with van der Waals surface area (Å²) in [5, 5.41) is 2.68. The molecule has 2 fully saturated rings. The van der Waals surface area contributed by atoms with E-state index in [1.165, 1.54) is 10.1 Å². The van der Waals surface area contributed by atoms with E-state index in [-0.39, 0.29) is 34.1 Å². The molecule has 0 spiro atoms. The Hall–Kier alpha value is -1.63. The summed E-state index contributed by atoms with van der Waals surface area (Å²) in [5.74, 6) is 0.406. The Morgan fingerprint density at radius 1 is 0.962 bits per heavy atom. The van der Waals surface area contributed by atoms with Crippen molar-refractivity contribution >= 4 is 29.1 Å². The van der Waals surface area contributed by atoms with Gasteiger partial charge in [-0.05, 0) is 50.9 Å². The van der Waals surface area contributed by atoms with E-state index in [4.69, 9.17) is 21.9 Å². The van der Waals surface area contributed by atoms with Gasteiger partial charge in [0.1, 0.15) is 5.76 Å². The number of thiocarbonyl (C=S) groups is 1. The molecule has 0 aromatic heterocycles. The molecular formula is C19H32N2O4S. The Balaban J connectivity index is 0.00000163. The lowest BCUT2D eigenvalue weighted by atomic mass is 10.1. The first-order valence-electron chi connectivity index (χ1n) is 9.21. The number of hydroxylamine groups is 4. The van der Waals surface area contributed by atoms with E-state index in [0.29, 0.717) is 5.76 Å². The molecule has 2 saturated carbocycles. The van der Waals surface area contributed by atoms with Crippen LogP contribution in [0.25, 0.3) is 0 Å². The van der Waals surface area contributed by atoms with Crippen LogP contribution in [0.1, 0.15) is 66.7 Å². The molecule has 2 aliphatic carbocycles. The molecule has 2 aliphatic rings. The van der Waals surface area contributed by atoms with E-state index in [1.54, 1.807) is 27.1 Å². The number of amides is 2. The number of hydrogen-bond acceptors (Lipinski definition) is 5. The third-order valence-electron chi connectivity index (χ3n) is 4.74. The van der Waals surface area contributed by atoms with Gasteiger partial charge in [0.25, 0.3) is 11.8 Å². The van der Waals surface area contributed by atoms with Gasteiger partial charge in [0, 0.05) is 24.9 Å². The highest BCUT2D eigenvalue weighted by atomic mass is 32.1. The van der Waals surface area contributed by atoms with Crippen LogP contribution >= 0.6 is 12.2 Å². The zero-order valence-corrected chi connectivity index (χ0v) is 17.9. The van der Waals surface area contributed by atoms with Crippen LogP contribution in [0.3, 0.4) is 0 Å². The monoisotopic (exact) mass is 384 g/mol. The van der Waals surface area contributed by atoms with Gasteiger partial charge < -0.3 is 9.68 Å². The summed E-state index contributed by atoms with van der Waals surface area (Å²) in [6.07, 6.45) is 5.48. The van der Waals surface area contributed by atoms with Gasteiger partial charge >= 0.3 is 0 Å². The third kappa shape index (κ3) is 5.69. The summed E-state index contributed by atoms with van der Waals surface area (Å²) in [5.41, 5.74) is -0.604. The summed E-state index contributed by atoms with van der Waals surface area (Å²) < 4.78 is 0. The average molecular weight is 385 g/mol. The zero-order valence-electron chi connectivity index (χ0n) is 17.0. The molecule has 0 heterocycles. The first-order chi connectivity index (χ1) is 12.1. The highest BCUT2D eigenvalue weighted by Gasteiger charge is 2.48. The summed E-state index contributed by atoms with van der Waals surface area (Å²) in [7, 11) is 3.17. The van der Waals surface area contributed by atoms with Crippen molar-refractivity contribution in [3.05, 3.63) is 11.8 Å². The minimum Gasteiger partial charge on any atom is -0.381 e. The van der Waals surface area contributed by atoms with Gasteiger partial charge in [-0.15, -0.1) is 0 Å². The molecule has 0 aromatic rings. The summed E-state index contributed by atoms with van der Waals surface area (Å²) in [6, 6.07) is 0. The van der Waals surface area contributed by atoms with Gasteiger partial charge in [0.2, 0.25) is 5.05 Å². The van der Waals surface area contributed by atoms with Crippen LogP contribution in [0.5, 0.6) is 0 Å². The maximum Gasteiger partial charge on any atom is 0.260 e.